The number of nitro benzene ring substituents is 2. The van der Waals surface area contributed by atoms with Gasteiger partial charge in [-0.1, -0.05) is 0 Å². The van der Waals surface area contributed by atoms with Gasteiger partial charge in [0.25, 0.3) is 11.4 Å². The van der Waals surface area contributed by atoms with Crippen molar-refractivity contribution in [2.45, 2.75) is 17.0 Å². The lowest BCUT2D eigenvalue weighted by Gasteiger charge is -2.19. The number of benzene rings is 1. The molecule has 0 spiro atoms. The van der Waals surface area contributed by atoms with Crippen LogP contribution in [0.2, 0.25) is 0 Å². The first-order valence-corrected chi connectivity index (χ1v) is 6.35. The summed E-state index contributed by atoms with van der Waals surface area (Å²) in [7, 11) is -6.11. The number of hydrogen-bond donors (Lipinski definition) is 0. The van der Waals surface area contributed by atoms with Gasteiger partial charge in [-0.25, -0.2) is 0 Å². The number of hydrogen-bond acceptors (Lipinski definition) is 6. The van der Waals surface area contributed by atoms with Crippen LogP contribution in [0.4, 0.5) is 37.2 Å². The molecule has 8 nitrogen and oxygen atoms in total. The van der Waals surface area contributed by atoms with Crippen molar-refractivity contribution < 1.29 is 44.1 Å². The molecular formula is C8H2F6N2O6S. The summed E-state index contributed by atoms with van der Waals surface area (Å²) in [4.78, 5) is 15.4. The van der Waals surface area contributed by atoms with E-state index in [1.165, 1.54) is 0 Å². The third kappa shape index (κ3) is 3.33. The van der Waals surface area contributed by atoms with E-state index in [4.69, 9.17) is 0 Å². The van der Waals surface area contributed by atoms with E-state index in [-0.39, 0.29) is 0 Å². The smallest absolute Gasteiger partial charge is 0.258 e. The summed E-state index contributed by atoms with van der Waals surface area (Å²) in [5.74, 6) is -5.95. The zero-order valence-electron chi connectivity index (χ0n) is 10.2. The van der Waals surface area contributed by atoms with Gasteiger partial charge in [0, 0.05) is 0 Å². The molecule has 0 atom stereocenters. The molecule has 0 aliphatic heterocycles. The molecule has 0 bridgehead atoms. The van der Waals surface area contributed by atoms with E-state index >= 15 is 0 Å². The van der Waals surface area contributed by atoms with Crippen LogP contribution < -0.4 is 0 Å². The Labute approximate surface area is 121 Å². The van der Waals surface area contributed by atoms with Crippen LogP contribution in [0.25, 0.3) is 0 Å². The predicted molar refractivity (Wildman–Crippen MR) is 58.0 cm³/mol. The largest absolute Gasteiger partial charge is 0.458 e. The van der Waals surface area contributed by atoms with Gasteiger partial charge >= 0.3 is 22.3 Å². The Kier molecular flexibility index (Phi) is 4.30. The van der Waals surface area contributed by atoms with Crippen LogP contribution in [0.3, 0.4) is 0 Å². The van der Waals surface area contributed by atoms with Crippen LogP contribution >= 0.6 is 0 Å². The highest BCUT2D eigenvalue weighted by atomic mass is 32.3. The Balaban J connectivity index is 3.99. The second-order valence-corrected chi connectivity index (χ2v) is 5.18. The molecule has 1 aromatic carbocycles. The maximum atomic E-state index is 13.3. The maximum absolute atomic E-state index is 13.3. The summed E-state index contributed by atoms with van der Waals surface area (Å²) in [6.07, 6.45) is -6.40. The summed E-state index contributed by atoms with van der Waals surface area (Å²) in [5.41, 5.74) is -6.50. The van der Waals surface area contributed by atoms with Crippen LogP contribution in [0.15, 0.2) is 17.0 Å². The number of rotatable bonds is 4. The molecule has 0 saturated heterocycles. The highest BCUT2D eigenvalue weighted by Gasteiger charge is 2.62. The SMILES string of the molecule is O=[N+]([O-])c1cc([N+](=O)[O-])c(S(=O)(=O)F)cc1C(F)(F)C(F)(F)F. The number of nitrogens with zero attached hydrogens (tertiary/aromatic N) is 2. The molecule has 0 radical (unpaired) electrons. The molecule has 1 rings (SSSR count). The van der Waals surface area contributed by atoms with Gasteiger partial charge in [-0.3, -0.25) is 20.2 Å². The van der Waals surface area contributed by atoms with Gasteiger partial charge in [-0.15, -0.1) is 3.89 Å². The normalized spacial score (nSPS) is 13.0. The fourth-order valence-electron chi connectivity index (χ4n) is 1.45. The number of nitro groups is 2. The predicted octanol–water partition coefficient (Wildman–Crippen LogP) is 2.82. The van der Waals surface area contributed by atoms with Crippen LogP contribution in [0.1, 0.15) is 5.56 Å². The number of alkyl halides is 5. The van der Waals surface area contributed by atoms with Crippen LogP contribution in [-0.4, -0.2) is 24.4 Å². The Morgan fingerprint density at radius 3 is 1.65 bits per heavy atom. The minimum absolute atomic E-state index is 0.485. The second-order valence-electron chi connectivity index (χ2n) is 3.86. The Hall–Kier alpha value is -2.45. The minimum Gasteiger partial charge on any atom is -0.258 e. The Bertz CT molecular complexity index is 789. The number of halogens is 6. The lowest BCUT2D eigenvalue weighted by Crippen LogP contribution is -2.34. The second kappa shape index (κ2) is 5.32. The van der Waals surface area contributed by atoms with Gasteiger partial charge in [-0.05, 0) is 6.07 Å². The van der Waals surface area contributed by atoms with Gasteiger partial charge in [0.05, 0.1) is 15.9 Å². The molecule has 0 N–H and O–H groups in total. The van der Waals surface area contributed by atoms with Crippen molar-refractivity contribution in [2.24, 2.45) is 0 Å². The van der Waals surface area contributed by atoms with Gasteiger partial charge < -0.3 is 0 Å². The van der Waals surface area contributed by atoms with Gasteiger partial charge in [0.2, 0.25) is 0 Å². The average molecular weight is 368 g/mol. The van der Waals surface area contributed by atoms with Crippen molar-refractivity contribution in [3.05, 3.63) is 37.9 Å². The standard InChI is InChI=1S/C8H2F6N2O6S/c9-7(10,8(11,12)13)3-1-6(23(14,21)22)5(16(19)20)2-4(3)15(17)18/h1-2H. The molecule has 1 aromatic rings. The van der Waals surface area contributed by atoms with Crippen molar-refractivity contribution >= 4 is 21.6 Å². The van der Waals surface area contributed by atoms with E-state index in [9.17, 15) is 54.5 Å². The summed E-state index contributed by atoms with van der Waals surface area (Å²) in [6.45, 7) is 0. The molecule has 0 heterocycles. The highest BCUT2D eigenvalue weighted by molar-refractivity contribution is 7.86. The molecule has 0 fully saturated rings. The summed E-state index contributed by atoms with van der Waals surface area (Å²) < 4.78 is 97.8. The van der Waals surface area contributed by atoms with E-state index in [0.717, 1.165) is 0 Å². The monoisotopic (exact) mass is 368 g/mol. The first-order valence-electron chi connectivity index (χ1n) is 4.97. The molecule has 0 amide bonds. The molecule has 0 aliphatic rings. The van der Waals surface area contributed by atoms with E-state index in [0.29, 0.717) is 0 Å². The van der Waals surface area contributed by atoms with Gasteiger partial charge in [0.1, 0.15) is 5.56 Å². The van der Waals surface area contributed by atoms with Crippen molar-refractivity contribution in [3.8, 4) is 0 Å². The maximum Gasteiger partial charge on any atom is 0.458 e. The van der Waals surface area contributed by atoms with Crippen LogP contribution in [0.5, 0.6) is 0 Å². The molecule has 23 heavy (non-hydrogen) atoms. The zero-order valence-corrected chi connectivity index (χ0v) is 11.0. The fraction of sp³-hybridized carbons (Fsp3) is 0.250. The quantitative estimate of drug-likeness (QED) is 0.349. The van der Waals surface area contributed by atoms with E-state index in [1.807, 2.05) is 0 Å². The molecule has 0 unspecified atom stereocenters. The third-order valence-corrected chi connectivity index (χ3v) is 3.28. The van der Waals surface area contributed by atoms with Crippen LogP contribution in [-0.2, 0) is 16.1 Å². The highest BCUT2D eigenvalue weighted by Crippen LogP contribution is 2.49. The summed E-state index contributed by atoms with van der Waals surface area (Å²) in [5, 5.41) is 21.1. The summed E-state index contributed by atoms with van der Waals surface area (Å²) in [6, 6.07) is -1.26. The van der Waals surface area contributed by atoms with E-state index in [2.05, 4.69) is 0 Å². The molecule has 0 aromatic heterocycles. The molecule has 128 valence electrons. The molecule has 0 saturated carbocycles. The lowest BCUT2D eigenvalue weighted by atomic mass is 10.0. The van der Waals surface area contributed by atoms with E-state index < -0.39 is 66.1 Å². The van der Waals surface area contributed by atoms with Crippen LogP contribution in [0, 0.1) is 20.2 Å². The topological polar surface area (TPSA) is 120 Å². The van der Waals surface area contributed by atoms with Crippen molar-refractivity contribution in [3.63, 3.8) is 0 Å². The third-order valence-electron chi connectivity index (χ3n) is 2.43. The fourth-order valence-corrected chi connectivity index (χ4v) is 2.09. The Morgan fingerprint density at radius 1 is 0.913 bits per heavy atom. The van der Waals surface area contributed by atoms with Gasteiger partial charge in [-0.2, -0.15) is 30.4 Å². The lowest BCUT2D eigenvalue weighted by molar-refractivity contribution is -0.398. The zero-order chi connectivity index (χ0) is 18.4. The molecule has 15 heteroatoms. The van der Waals surface area contributed by atoms with Gasteiger partial charge in [0.15, 0.2) is 4.90 Å². The van der Waals surface area contributed by atoms with Crippen molar-refractivity contribution in [2.75, 3.05) is 0 Å². The molecule has 0 aliphatic carbocycles. The minimum atomic E-state index is -6.40. The first kappa shape index (κ1) is 18.6. The van der Waals surface area contributed by atoms with Crippen molar-refractivity contribution in [1.82, 2.24) is 0 Å². The van der Waals surface area contributed by atoms with E-state index in [1.54, 1.807) is 0 Å². The average Bonchev–Trinajstić information content (AvgIpc) is 2.34. The van der Waals surface area contributed by atoms with Crippen molar-refractivity contribution in [1.29, 1.82) is 0 Å². The molecular weight excluding hydrogens is 366 g/mol. The first-order chi connectivity index (χ1) is 10.1. The summed E-state index contributed by atoms with van der Waals surface area (Å²) >= 11 is 0. The Morgan fingerprint density at radius 2 is 1.35 bits per heavy atom.